The van der Waals surface area contributed by atoms with Crippen LogP contribution in [0.5, 0.6) is 5.75 Å². The maximum absolute atomic E-state index is 14.9. The van der Waals surface area contributed by atoms with Gasteiger partial charge in [0.1, 0.15) is 17.4 Å². The van der Waals surface area contributed by atoms with E-state index < -0.39 is 35.6 Å². The number of para-hydroxylation sites is 1. The molecule has 10 heteroatoms. The van der Waals surface area contributed by atoms with Gasteiger partial charge in [-0.25, -0.2) is 0 Å². The lowest BCUT2D eigenvalue weighted by molar-refractivity contribution is -0.145. The summed E-state index contributed by atoms with van der Waals surface area (Å²) in [6.07, 6.45) is 3.66. The number of benzene rings is 2. The molecule has 6 atom stereocenters. The summed E-state index contributed by atoms with van der Waals surface area (Å²) in [5.74, 6) is -2.23. The number of amides is 3. The molecular weight excluding hydrogens is 606 g/mol. The summed E-state index contributed by atoms with van der Waals surface area (Å²) in [5, 5.41) is 11.0. The number of hydrogen-bond donors (Lipinski definition) is 1. The number of ether oxygens (including phenoxy) is 2. The highest BCUT2D eigenvalue weighted by Crippen LogP contribution is 2.60. The number of nitrogens with zero attached hydrogens (tertiary/aromatic N) is 3. The predicted octanol–water partition coefficient (Wildman–Crippen LogP) is 5.18. The maximum atomic E-state index is 14.9. The Kier molecular flexibility index (Phi) is 9.96. The Bertz CT molecular complexity index is 1470. The zero-order valence-corrected chi connectivity index (χ0v) is 27.8. The Morgan fingerprint density at radius 3 is 2.39 bits per heavy atom. The summed E-state index contributed by atoms with van der Waals surface area (Å²) < 4.78 is 12.3. The Labute approximate surface area is 276 Å². The molecule has 9 nitrogen and oxygen atoms in total. The molecular formula is C36H44ClN3O6. The zero-order valence-electron chi connectivity index (χ0n) is 27.0. The molecule has 0 saturated carbocycles. The molecule has 3 aliphatic heterocycles. The van der Waals surface area contributed by atoms with Gasteiger partial charge in [-0.3, -0.25) is 14.4 Å². The van der Waals surface area contributed by atoms with Gasteiger partial charge in [-0.1, -0.05) is 49.7 Å². The van der Waals surface area contributed by atoms with Crippen LogP contribution in [0.15, 0.2) is 67.8 Å². The van der Waals surface area contributed by atoms with Crippen LogP contribution in [0, 0.1) is 24.7 Å². The second-order valence-corrected chi connectivity index (χ2v) is 13.0. The molecule has 3 heterocycles. The van der Waals surface area contributed by atoms with Gasteiger partial charge in [-0.2, -0.15) is 0 Å². The molecule has 2 unspecified atom stereocenters. The molecule has 0 aromatic heterocycles. The van der Waals surface area contributed by atoms with Crippen molar-refractivity contribution in [3.63, 3.8) is 0 Å². The SMILES string of the molecule is C=CCN(C(=O)[C@@H]1[C@@H]2CCC3(O2)C(C(=O)N(CC=C)c2c(C)cccc2Cl)N([C@@H](CO)C(C)C)C(=O)[C@H]13)c1ccc(OCC)cc1. The first-order valence-corrected chi connectivity index (χ1v) is 16.4. The normalized spacial score (nSPS) is 25.4. The van der Waals surface area contributed by atoms with Crippen LogP contribution >= 0.6 is 11.6 Å². The van der Waals surface area contributed by atoms with Gasteiger partial charge < -0.3 is 29.3 Å². The van der Waals surface area contributed by atoms with Gasteiger partial charge >= 0.3 is 0 Å². The van der Waals surface area contributed by atoms with Crippen LogP contribution in [0.25, 0.3) is 0 Å². The number of carbonyl (C=O) groups is 3. The van der Waals surface area contributed by atoms with Crippen LogP contribution in [-0.4, -0.2) is 77.8 Å². The van der Waals surface area contributed by atoms with Crippen LogP contribution < -0.4 is 14.5 Å². The average Bonchev–Trinajstić information content (AvgIpc) is 3.67. The Morgan fingerprint density at radius 2 is 1.80 bits per heavy atom. The van der Waals surface area contributed by atoms with Gasteiger partial charge in [-0.15, -0.1) is 13.2 Å². The van der Waals surface area contributed by atoms with Gasteiger partial charge in [0.2, 0.25) is 11.8 Å². The number of anilines is 2. The number of carbonyl (C=O) groups excluding carboxylic acids is 3. The number of aryl methyl sites for hydroxylation is 1. The highest BCUT2D eigenvalue weighted by molar-refractivity contribution is 6.34. The van der Waals surface area contributed by atoms with Crippen molar-refractivity contribution in [2.24, 2.45) is 17.8 Å². The van der Waals surface area contributed by atoms with E-state index in [-0.39, 0.29) is 43.3 Å². The van der Waals surface area contributed by atoms with E-state index in [0.29, 0.717) is 41.6 Å². The van der Waals surface area contributed by atoms with Gasteiger partial charge in [0.05, 0.1) is 47.9 Å². The van der Waals surface area contributed by atoms with E-state index in [4.69, 9.17) is 21.1 Å². The first kappa shape index (κ1) is 33.7. The van der Waals surface area contributed by atoms with Crippen molar-refractivity contribution in [3.05, 3.63) is 78.4 Å². The fraction of sp³-hybridized carbons (Fsp3) is 0.472. The van der Waals surface area contributed by atoms with Gasteiger partial charge in [0.25, 0.3) is 5.91 Å². The molecule has 2 bridgehead atoms. The monoisotopic (exact) mass is 649 g/mol. The average molecular weight is 650 g/mol. The fourth-order valence-corrected chi connectivity index (χ4v) is 8.01. The maximum Gasteiger partial charge on any atom is 0.253 e. The second kappa shape index (κ2) is 13.6. The Balaban J connectivity index is 1.60. The van der Waals surface area contributed by atoms with E-state index in [1.807, 2.05) is 52.0 Å². The minimum Gasteiger partial charge on any atom is -0.494 e. The van der Waals surface area contributed by atoms with Crippen LogP contribution in [0.1, 0.15) is 39.2 Å². The number of aliphatic hydroxyl groups excluding tert-OH is 1. The molecule has 0 radical (unpaired) electrons. The molecule has 5 rings (SSSR count). The smallest absolute Gasteiger partial charge is 0.253 e. The highest BCUT2D eigenvalue weighted by Gasteiger charge is 2.75. The van der Waals surface area contributed by atoms with Crippen molar-refractivity contribution < 1.29 is 29.0 Å². The molecule has 3 fully saturated rings. The molecule has 3 aliphatic rings. The zero-order chi connectivity index (χ0) is 33.3. The van der Waals surface area contributed by atoms with E-state index in [9.17, 15) is 19.5 Å². The van der Waals surface area contributed by atoms with E-state index in [1.165, 1.54) is 4.90 Å². The van der Waals surface area contributed by atoms with Crippen molar-refractivity contribution in [1.82, 2.24) is 4.90 Å². The minimum absolute atomic E-state index is 0.144. The largest absolute Gasteiger partial charge is 0.494 e. The third kappa shape index (κ3) is 5.52. The van der Waals surface area contributed by atoms with Crippen molar-refractivity contribution in [3.8, 4) is 5.75 Å². The summed E-state index contributed by atoms with van der Waals surface area (Å²) in [5.41, 5.74) is 0.700. The van der Waals surface area contributed by atoms with Crippen molar-refractivity contribution in [2.75, 3.05) is 36.1 Å². The summed E-state index contributed by atoms with van der Waals surface area (Å²) in [6, 6.07) is 10.9. The lowest BCUT2D eigenvalue weighted by Crippen LogP contribution is -2.60. The number of fused-ring (bicyclic) bond motifs is 1. The second-order valence-electron chi connectivity index (χ2n) is 12.6. The van der Waals surface area contributed by atoms with Gasteiger partial charge in [0.15, 0.2) is 0 Å². The molecule has 1 N–H and O–H groups in total. The molecule has 3 amide bonds. The van der Waals surface area contributed by atoms with Crippen LogP contribution in [0.2, 0.25) is 5.02 Å². The molecule has 46 heavy (non-hydrogen) atoms. The number of halogens is 1. The number of likely N-dealkylation sites (tertiary alicyclic amines) is 1. The number of hydrogen-bond acceptors (Lipinski definition) is 6. The Morgan fingerprint density at radius 1 is 1.13 bits per heavy atom. The molecule has 0 aliphatic carbocycles. The molecule has 2 aromatic rings. The van der Waals surface area contributed by atoms with E-state index in [1.54, 1.807) is 40.2 Å². The summed E-state index contributed by atoms with van der Waals surface area (Å²) in [4.78, 5) is 48.8. The third-order valence-electron chi connectivity index (χ3n) is 9.64. The van der Waals surface area contributed by atoms with Crippen LogP contribution in [0.3, 0.4) is 0 Å². The summed E-state index contributed by atoms with van der Waals surface area (Å²) in [7, 11) is 0. The van der Waals surface area contributed by atoms with Crippen molar-refractivity contribution >= 4 is 40.7 Å². The standard InChI is InChI=1S/C36H44ClN3O6/c1-7-19-38(24-13-15-25(16-14-24)45-9-3)33(42)29-28-17-18-36(46-28)30(29)34(43)40(27(21-41)22(4)5)32(36)35(44)39(20-8-2)31-23(6)11-10-12-26(31)37/h7-8,10-16,22,27-30,32,41H,1-2,9,17-21H2,3-6H3/t27-,28-,29+,30-,32?,36?/m0/s1. The first-order valence-electron chi connectivity index (χ1n) is 16.0. The van der Waals surface area contributed by atoms with Crippen molar-refractivity contribution in [1.29, 1.82) is 0 Å². The number of rotatable bonds is 13. The molecule has 3 saturated heterocycles. The summed E-state index contributed by atoms with van der Waals surface area (Å²) >= 11 is 6.67. The first-order chi connectivity index (χ1) is 22.1. The molecule has 2 aromatic carbocycles. The quantitative estimate of drug-likeness (QED) is 0.301. The van der Waals surface area contributed by atoms with Crippen LogP contribution in [-0.2, 0) is 19.1 Å². The summed E-state index contributed by atoms with van der Waals surface area (Å²) in [6.45, 7) is 15.9. The van der Waals surface area contributed by atoms with E-state index in [2.05, 4.69) is 13.2 Å². The van der Waals surface area contributed by atoms with Crippen molar-refractivity contribution in [2.45, 2.75) is 64.3 Å². The molecule has 1 spiro atoms. The fourth-order valence-electron chi connectivity index (χ4n) is 7.68. The van der Waals surface area contributed by atoms with Crippen LogP contribution in [0.4, 0.5) is 11.4 Å². The Hall–Kier alpha value is -3.66. The van der Waals surface area contributed by atoms with Gasteiger partial charge in [0, 0.05) is 18.8 Å². The van der Waals surface area contributed by atoms with E-state index in [0.717, 1.165) is 5.56 Å². The lowest BCUT2D eigenvalue weighted by atomic mass is 9.70. The highest BCUT2D eigenvalue weighted by atomic mass is 35.5. The van der Waals surface area contributed by atoms with E-state index >= 15 is 0 Å². The third-order valence-corrected chi connectivity index (χ3v) is 9.95. The van der Waals surface area contributed by atoms with Gasteiger partial charge in [-0.05, 0) is 68.5 Å². The number of aliphatic hydroxyl groups is 1. The topological polar surface area (TPSA) is 99.6 Å². The minimum atomic E-state index is -1.26. The predicted molar refractivity (Wildman–Crippen MR) is 179 cm³/mol. The molecule has 246 valence electrons. The lowest BCUT2D eigenvalue weighted by Gasteiger charge is -2.40.